The van der Waals surface area contributed by atoms with E-state index in [1.165, 1.54) is 0 Å². The molecule has 0 aromatic carbocycles. The van der Waals surface area contributed by atoms with Crippen molar-refractivity contribution >= 4 is 7.32 Å². The molecule has 0 heterocycles. The van der Waals surface area contributed by atoms with Crippen LogP contribution in [0.5, 0.6) is 0 Å². The Labute approximate surface area is 54.3 Å². The van der Waals surface area contributed by atoms with Crippen LogP contribution in [-0.2, 0) is 4.65 Å². The number of hydrogen-bond acceptors (Lipinski definition) is 4. The second-order valence-corrected chi connectivity index (χ2v) is 1.83. The zero-order chi connectivity index (χ0) is 7.28. The molecule has 0 rings (SSSR count). The van der Waals surface area contributed by atoms with Crippen LogP contribution < -0.4 is 0 Å². The second-order valence-electron chi connectivity index (χ2n) is 1.83. The van der Waals surface area contributed by atoms with Gasteiger partial charge in [-0.2, -0.15) is 0 Å². The van der Waals surface area contributed by atoms with Crippen molar-refractivity contribution in [2.75, 3.05) is 6.61 Å². The lowest BCUT2D eigenvalue weighted by Gasteiger charge is -2.03. The van der Waals surface area contributed by atoms with Crippen LogP contribution in [0.4, 0.5) is 0 Å². The molecule has 0 radical (unpaired) electrons. The van der Waals surface area contributed by atoms with Crippen LogP contribution in [0.1, 0.15) is 13.3 Å². The molecule has 0 saturated heterocycles. The highest BCUT2D eigenvalue weighted by atomic mass is 16.6. The minimum Gasteiger partial charge on any atom is -0.402 e. The van der Waals surface area contributed by atoms with Crippen LogP contribution in [0, 0.1) is 0 Å². The number of rotatable bonds is 4. The van der Waals surface area contributed by atoms with Gasteiger partial charge in [0.25, 0.3) is 0 Å². The van der Waals surface area contributed by atoms with E-state index in [4.69, 9.17) is 15.2 Å². The fourth-order valence-electron chi connectivity index (χ4n) is 0.344. The van der Waals surface area contributed by atoms with Crippen LogP contribution in [0.2, 0.25) is 0 Å². The summed E-state index contributed by atoms with van der Waals surface area (Å²) in [6.45, 7) is 1.77. The van der Waals surface area contributed by atoms with E-state index in [9.17, 15) is 0 Å². The Morgan fingerprint density at radius 2 is 2.11 bits per heavy atom. The molecule has 0 bridgehead atoms. The fraction of sp³-hybridized carbons (Fsp3) is 1.00. The Morgan fingerprint density at radius 3 is 2.44 bits per heavy atom. The average molecular weight is 134 g/mol. The smallest absolute Gasteiger partial charge is 0.402 e. The Bertz CT molecular complexity index is 57.6. The molecule has 0 amide bonds. The first-order valence-electron chi connectivity index (χ1n) is 2.78. The van der Waals surface area contributed by atoms with Gasteiger partial charge in [0.1, 0.15) is 0 Å². The highest BCUT2D eigenvalue weighted by molar-refractivity contribution is 6.32. The minimum atomic E-state index is -1.72. The molecule has 0 aromatic rings. The van der Waals surface area contributed by atoms with Crippen molar-refractivity contribution in [2.24, 2.45) is 0 Å². The Hall–Kier alpha value is -0.0951. The molecule has 0 aliphatic heterocycles. The summed E-state index contributed by atoms with van der Waals surface area (Å²) >= 11 is 0. The van der Waals surface area contributed by atoms with Crippen molar-refractivity contribution in [3.05, 3.63) is 0 Å². The SMILES string of the molecule is CC(O)CCOB(O)O. The molecule has 0 fully saturated rings. The third-order valence-electron chi connectivity index (χ3n) is 0.803. The summed E-state index contributed by atoms with van der Waals surface area (Å²) in [5.41, 5.74) is 0. The molecule has 9 heavy (non-hydrogen) atoms. The summed E-state index contributed by atoms with van der Waals surface area (Å²) in [5, 5.41) is 24.9. The first-order valence-corrected chi connectivity index (χ1v) is 2.78. The first-order chi connectivity index (χ1) is 4.13. The quantitative estimate of drug-likeness (QED) is 0.420. The standard InChI is InChI=1S/C4H11BO4/c1-4(6)2-3-9-5(7)8/h4,6-8H,2-3H2,1H3. The molecule has 0 aliphatic carbocycles. The zero-order valence-electron chi connectivity index (χ0n) is 5.32. The highest BCUT2D eigenvalue weighted by Gasteiger charge is 2.07. The van der Waals surface area contributed by atoms with E-state index < -0.39 is 13.4 Å². The van der Waals surface area contributed by atoms with Crippen molar-refractivity contribution in [1.82, 2.24) is 0 Å². The summed E-state index contributed by atoms with van der Waals surface area (Å²) in [6, 6.07) is 0. The second kappa shape index (κ2) is 4.75. The molecule has 1 unspecified atom stereocenters. The van der Waals surface area contributed by atoms with Gasteiger partial charge in [0, 0.05) is 6.61 Å². The van der Waals surface area contributed by atoms with Gasteiger partial charge in [0.15, 0.2) is 0 Å². The number of hydrogen-bond donors (Lipinski definition) is 3. The lowest BCUT2D eigenvalue weighted by Crippen LogP contribution is -2.19. The van der Waals surface area contributed by atoms with Crippen LogP contribution in [0.25, 0.3) is 0 Å². The summed E-state index contributed by atoms with van der Waals surface area (Å²) < 4.78 is 4.30. The predicted molar refractivity (Wildman–Crippen MR) is 32.4 cm³/mol. The van der Waals surface area contributed by atoms with Crippen molar-refractivity contribution in [1.29, 1.82) is 0 Å². The van der Waals surface area contributed by atoms with E-state index in [2.05, 4.69) is 4.65 Å². The van der Waals surface area contributed by atoms with Gasteiger partial charge in [0.2, 0.25) is 0 Å². The van der Waals surface area contributed by atoms with Gasteiger partial charge in [-0.15, -0.1) is 0 Å². The van der Waals surface area contributed by atoms with E-state index >= 15 is 0 Å². The van der Waals surface area contributed by atoms with Crippen molar-refractivity contribution in [3.8, 4) is 0 Å². The molecule has 0 spiro atoms. The summed E-state index contributed by atoms with van der Waals surface area (Å²) in [4.78, 5) is 0. The van der Waals surface area contributed by atoms with Crippen LogP contribution >= 0.6 is 0 Å². The third kappa shape index (κ3) is 7.90. The zero-order valence-corrected chi connectivity index (χ0v) is 5.32. The summed E-state index contributed by atoms with van der Waals surface area (Å²) in [7, 11) is -1.72. The van der Waals surface area contributed by atoms with E-state index in [0.29, 0.717) is 6.42 Å². The number of aliphatic hydroxyl groups is 1. The molecule has 5 heteroatoms. The van der Waals surface area contributed by atoms with E-state index in [-0.39, 0.29) is 6.61 Å². The van der Waals surface area contributed by atoms with Gasteiger partial charge in [0.05, 0.1) is 6.10 Å². The maximum Gasteiger partial charge on any atom is 0.633 e. The number of aliphatic hydroxyl groups excluding tert-OH is 1. The van der Waals surface area contributed by atoms with E-state index in [1.54, 1.807) is 6.92 Å². The van der Waals surface area contributed by atoms with Gasteiger partial charge in [-0.1, -0.05) is 0 Å². The first kappa shape index (κ1) is 8.90. The molecule has 1 atom stereocenters. The maximum absolute atomic E-state index is 8.62. The molecule has 0 aliphatic rings. The Balaban J connectivity index is 2.91. The van der Waals surface area contributed by atoms with Crippen molar-refractivity contribution in [3.63, 3.8) is 0 Å². The van der Waals surface area contributed by atoms with E-state index in [1.807, 2.05) is 0 Å². The molecule has 4 nitrogen and oxygen atoms in total. The lowest BCUT2D eigenvalue weighted by molar-refractivity contribution is 0.127. The largest absolute Gasteiger partial charge is 0.633 e. The maximum atomic E-state index is 8.62. The third-order valence-corrected chi connectivity index (χ3v) is 0.803. The molecule has 0 saturated carbocycles. The fourth-order valence-corrected chi connectivity index (χ4v) is 0.344. The van der Waals surface area contributed by atoms with Gasteiger partial charge in [-0.25, -0.2) is 0 Å². The van der Waals surface area contributed by atoms with Gasteiger partial charge >= 0.3 is 7.32 Å². The molecule has 0 aromatic heterocycles. The van der Waals surface area contributed by atoms with Gasteiger partial charge < -0.3 is 19.8 Å². The highest BCUT2D eigenvalue weighted by Crippen LogP contribution is 1.89. The Morgan fingerprint density at radius 1 is 1.56 bits per heavy atom. The molecule has 54 valence electrons. The molecular formula is C4H11BO4. The van der Waals surface area contributed by atoms with Gasteiger partial charge in [-0.3, -0.25) is 0 Å². The summed E-state index contributed by atoms with van der Waals surface area (Å²) in [5.74, 6) is 0. The van der Waals surface area contributed by atoms with Crippen molar-refractivity contribution in [2.45, 2.75) is 19.4 Å². The molecule has 3 N–H and O–H groups in total. The van der Waals surface area contributed by atoms with Crippen LogP contribution in [-0.4, -0.2) is 35.2 Å². The van der Waals surface area contributed by atoms with Crippen molar-refractivity contribution < 1.29 is 19.8 Å². The topological polar surface area (TPSA) is 69.9 Å². The Kier molecular flexibility index (Phi) is 4.70. The van der Waals surface area contributed by atoms with Crippen LogP contribution in [0.3, 0.4) is 0 Å². The van der Waals surface area contributed by atoms with Crippen LogP contribution in [0.15, 0.2) is 0 Å². The van der Waals surface area contributed by atoms with Gasteiger partial charge in [-0.05, 0) is 13.3 Å². The normalized spacial score (nSPS) is 13.3. The monoisotopic (exact) mass is 134 g/mol. The van der Waals surface area contributed by atoms with E-state index in [0.717, 1.165) is 0 Å². The predicted octanol–water partition coefficient (Wildman–Crippen LogP) is -1.26. The minimum absolute atomic E-state index is 0.162. The summed E-state index contributed by atoms with van der Waals surface area (Å²) in [6.07, 6.45) is -0.0406. The molecular weight excluding hydrogens is 123 g/mol. The average Bonchev–Trinajstić information content (AvgIpc) is 1.63. The lowest BCUT2D eigenvalue weighted by atomic mass is 10.2.